The van der Waals surface area contributed by atoms with Crippen molar-refractivity contribution in [1.29, 1.82) is 0 Å². The van der Waals surface area contributed by atoms with E-state index in [2.05, 4.69) is 108 Å². The van der Waals surface area contributed by atoms with Crippen LogP contribution in [0.4, 0.5) is 9.59 Å². The molecule has 0 bridgehead atoms. The first-order chi connectivity index (χ1) is 31.1. The van der Waals surface area contributed by atoms with E-state index >= 15 is 0 Å². The largest absolute Gasteiger partial charge is 0.453 e. The minimum Gasteiger partial charge on any atom is -0.453 e. The van der Waals surface area contributed by atoms with E-state index in [1.165, 1.54) is 14.2 Å². The molecular formula is C50H64N8O6Si. The van der Waals surface area contributed by atoms with Crippen LogP contribution in [-0.4, -0.2) is 101 Å². The Bertz CT molecular complexity index is 2780. The number of fused-ring (bicyclic) bond motifs is 6. The van der Waals surface area contributed by atoms with Crippen LogP contribution < -0.4 is 10.6 Å². The molecule has 2 fully saturated rings. The minimum absolute atomic E-state index is 0.0199. The zero-order valence-electron chi connectivity index (χ0n) is 39.4. The Balaban J connectivity index is 1.10. The topological polar surface area (TPSA) is 175 Å². The number of imidazole rings is 2. The van der Waals surface area contributed by atoms with Gasteiger partial charge in [0.1, 0.15) is 23.7 Å². The highest BCUT2D eigenvalue weighted by Crippen LogP contribution is 2.45. The number of likely N-dealkylation sites (tertiary alicyclic amines) is 1. The third kappa shape index (κ3) is 8.66. The van der Waals surface area contributed by atoms with Crippen molar-refractivity contribution in [1.82, 2.24) is 40.4 Å². The van der Waals surface area contributed by atoms with Crippen LogP contribution in [0.1, 0.15) is 84.5 Å². The van der Waals surface area contributed by atoms with Crippen molar-refractivity contribution in [2.24, 2.45) is 17.8 Å². The molecule has 2 aliphatic rings. The number of nitrogens with one attached hydrogen (secondary N) is 4. The van der Waals surface area contributed by atoms with Gasteiger partial charge in [0.25, 0.3) is 0 Å². The van der Waals surface area contributed by atoms with E-state index in [9.17, 15) is 19.2 Å². The van der Waals surface area contributed by atoms with Gasteiger partial charge in [-0.25, -0.2) is 19.6 Å². The summed E-state index contributed by atoms with van der Waals surface area (Å²) < 4.78 is 9.76. The molecule has 65 heavy (non-hydrogen) atoms. The van der Waals surface area contributed by atoms with Crippen LogP contribution in [0.25, 0.3) is 54.7 Å². The van der Waals surface area contributed by atoms with Crippen LogP contribution in [-0.2, 0) is 19.1 Å². The van der Waals surface area contributed by atoms with Gasteiger partial charge in [0.2, 0.25) is 11.8 Å². The van der Waals surface area contributed by atoms with Gasteiger partial charge in [0, 0.05) is 23.4 Å². The van der Waals surface area contributed by atoms with Crippen molar-refractivity contribution < 1.29 is 28.7 Å². The Morgan fingerprint density at radius 1 is 0.738 bits per heavy atom. The lowest BCUT2D eigenvalue weighted by Gasteiger charge is -2.43. The number of aromatic nitrogens is 4. The number of carbonyl (C=O) groups is 4. The standard InChI is InChI=1S/C50H64N8O6Si/c1-11-29-25-34(12-2)58(48(60)41(28(5)6)56-50(62)64-8)44(29)46-52-38-20-16-33-24-31(14-18-36(33)43(38)54-46)30-13-17-35-32(23-30)15-19-37-42(35)53-45(51-37)39-26-65(9,10)22-21-57(39)47(59)40(27(3)4)55-49(61)63-7/h13-20,23-24,27-29,34,39-41,44H,11-12,21-22,25-26H2,1-10H3,(H,51,53)(H,52,54)(H,55,61)(H,56,62)/t29?,34?,39?,40?,41?,44-/m0/s1. The van der Waals surface area contributed by atoms with Crippen molar-refractivity contribution >= 4 is 75.7 Å². The summed E-state index contributed by atoms with van der Waals surface area (Å²) in [6, 6.07) is 21.3. The first-order valence-electron chi connectivity index (χ1n) is 23.2. The normalized spacial score (nSPS) is 20.8. The molecule has 2 saturated heterocycles. The van der Waals surface area contributed by atoms with E-state index in [-0.39, 0.29) is 47.7 Å². The molecule has 5 unspecified atom stereocenters. The van der Waals surface area contributed by atoms with Gasteiger partial charge >= 0.3 is 12.2 Å². The summed E-state index contributed by atoms with van der Waals surface area (Å²) in [5.74, 6) is 1.25. The third-order valence-corrected chi connectivity index (χ3v) is 17.2. The average molecular weight is 901 g/mol. The summed E-state index contributed by atoms with van der Waals surface area (Å²) in [4.78, 5) is 74.7. The molecule has 0 aliphatic carbocycles. The number of hydrogen-bond donors (Lipinski definition) is 4. The Morgan fingerprint density at radius 3 is 1.77 bits per heavy atom. The molecule has 4 aromatic carbocycles. The van der Waals surface area contributed by atoms with E-state index < -0.39 is 32.3 Å². The van der Waals surface area contributed by atoms with Crippen LogP contribution in [0.5, 0.6) is 0 Å². The van der Waals surface area contributed by atoms with Crippen molar-refractivity contribution in [3.63, 3.8) is 0 Å². The molecule has 0 saturated carbocycles. The highest BCUT2D eigenvalue weighted by molar-refractivity contribution is 6.77. The van der Waals surface area contributed by atoms with Gasteiger partial charge < -0.3 is 39.9 Å². The zero-order valence-corrected chi connectivity index (χ0v) is 40.4. The van der Waals surface area contributed by atoms with E-state index in [1.807, 2.05) is 37.5 Å². The number of amides is 4. The summed E-state index contributed by atoms with van der Waals surface area (Å²) >= 11 is 0. The maximum Gasteiger partial charge on any atom is 0.407 e. The zero-order chi connectivity index (χ0) is 46.5. The number of alkyl carbamates (subject to hydrolysis) is 2. The SMILES string of the molecule is CCC1CC(CC)N(C(=O)C(NC(=O)OC)C(C)C)[C@@H]1c1nc2c(ccc3cc(-c4ccc5c(ccc6[nH]c(C7C[Si](C)(C)CCN7C(=O)C(NC(=O)OC)C(C)C)nc65)c4)ccc32)[nH]1. The van der Waals surface area contributed by atoms with Gasteiger partial charge in [-0.05, 0) is 88.8 Å². The number of rotatable bonds is 11. The second kappa shape index (κ2) is 18.1. The Hall–Kier alpha value is -5.96. The van der Waals surface area contributed by atoms with Crippen LogP contribution in [0, 0.1) is 17.8 Å². The monoisotopic (exact) mass is 900 g/mol. The Morgan fingerprint density at radius 2 is 1.26 bits per heavy atom. The van der Waals surface area contributed by atoms with E-state index in [0.29, 0.717) is 6.54 Å². The third-order valence-electron chi connectivity index (χ3n) is 14.1. The summed E-state index contributed by atoms with van der Waals surface area (Å²) in [7, 11) is 0.980. The fourth-order valence-corrected chi connectivity index (χ4v) is 12.8. The maximum absolute atomic E-state index is 14.4. The number of H-pyrrole nitrogens is 2. The van der Waals surface area contributed by atoms with Gasteiger partial charge in [0.15, 0.2) is 0 Å². The lowest BCUT2D eigenvalue weighted by Crippen LogP contribution is -2.55. The first kappa shape index (κ1) is 45.6. The summed E-state index contributed by atoms with van der Waals surface area (Å²) in [6.07, 6.45) is 1.31. The van der Waals surface area contributed by atoms with Crippen LogP contribution in [0.2, 0.25) is 25.2 Å². The highest BCUT2D eigenvalue weighted by atomic mass is 28.3. The van der Waals surface area contributed by atoms with Crippen LogP contribution in [0.15, 0.2) is 60.7 Å². The van der Waals surface area contributed by atoms with Gasteiger partial charge in [-0.1, -0.05) is 97.5 Å². The molecule has 0 spiro atoms. The van der Waals surface area contributed by atoms with Gasteiger partial charge in [-0.2, -0.15) is 0 Å². The molecule has 6 aromatic rings. The molecule has 4 N–H and O–H groups in total. The van der Waals surface area contributed by atoms with E-state index in [4.69, 9.17) is 19.4 Å². The molecule has 15 heteroatoms. The summed E-state index contributed by atoms with van der Waals surface area (Å²) in [5.41, 5.74) is 5.69. The molecule has 2 aliphatic heterocycles. The van der Waals surface area contributed by atoms with E-state index in [1.54, 1.807) is 0 Å². The molecule has 4 heterocycles. The molecule has 14 nitrogen and oxygen atoms in total. The van der Waals surface area contributed by atoms with Crippen LogP contribution in [0.3, 0.4) is 0 Å². The fraction of sp³-hybridized carbons (Fsp3) is 0.480. The van der Waals surface area contributed by atoms with Crippen molar-refractivity contribution in [2.45, 2.75) is 116 Å². The molecule has 4 amide bonds. The number of nitrogens with zero attached hydrogens (tertiary/aromatic N) is 4. The number of hydrogen-bond acceptors (Lipinski definition) is 8. The number of methoxy groups -OCH3 is 2. The average Bonchev–Trinajstić information content (AvgIpc) is 4.04. The number of aromatic amines is 2. The smallest absolute Gasteiger partial charge is 0.407 e. The fourth-order valence-electron chi connectivity index (χ4n) is 10.3. The lowest BCUT2D eigenvalue weighted by atomic mass is 9.95. The number of ether oxygens (including phenoxy) is 2. The second-order valence-electron chi connectivity index (χ2n) is 19.6. The molecule has 2 aromatic heterocycles. The lowest BCUT2D eigenvalue weighted by molar-refractivity contribution is -0.138. The number of benzene rings is 4. The van der Waals surface area contributed by atoms with Crippen molar-refractivity contribution in [3.8, 4) is 11.1 Å². The summed E-state index contributed by atoms with van der Waals surface area (Å²) in [5, 5.41) is 9.73. The first-order valence-corrected chi connectivity index (χ1v) is 26.6. The molecule has 6 atom stereocenters. The molecule has 344 valence electrons. The maximum atomic E-state index is 14.4. The van der Waals surface area contributed by atoms with Crippen LogP contribution >= 0.6 is 0 Å². The quantitative estimate of drug-likeness (QED) is 0.0930. The second-order valence-corrected chi connectivity index (χ2v) is 24.8. The Labute approximate surface area is 381 Å². The predicted octanol–water partition coefficient (Wildman–Crippen LogP) is 9.84. The van der Waals surface area contributed by atoms with Gasteiger partial charge in [-0.15, -0.1) is 0 Å². The van der Waals surface area contributed by atoms with E-state index in [0.717, 1.165) is 97.7 Å². The van der Waals surface area contributed by atoms with Crippen molar-refractivity contribution in [2.75, 3.05) is 20.8 Å². The molecular weight excluding hydrogens is 837 g/mol. The van der Waals surface area contributed by atoms with Crippen molar-refractivity contribution in [3.05, 3.63) is 72.3 Å². The number of carbonyl (C=O) groups excluding carboxylic acids is 4. The molecule has 0 radical (unpaired) electrons. The minimum atomic E-state index is -1.64. The van der Waals surface area contributed by atoms with Gasteiger partial charge in [-0.3, -0.25) is 9.59 Å². The van der Waals surface area contributed by atoms with Gasteiger partial charge in [0.05, 0.1) is 56.4 Å². The highest BCUT2D eigenvalue weighted by Gasteiger charge is 2.47. The Kier molecular flexibility index (Phi) is 12.7. The predicted molar refractivity (Wildman–Crippen MR) is 258 cm³/mol. The summed E-state index contributed by atoms with van der Waals surface area (Å²) in [6.45, 7) is 17.4. The molecule has 8 rings (SSSR count).